The number of aromatic nitrogens is 6. The number of ether oxygens (including phenoxy) is 3. The van der Waals surface area contributed by atoms with E-state index < -0.39 is 23.9 Å². The Labute approximate surface area is 381 Å². The second kappa shape index (κ2) is 20.5. The van der Waals surface area contributed by atoms with E-state index in [2.05, 4.69) is 20.6 Å². The minimum Gasteiger partial charge on any atom is -0.478 e. The average molecular weight is 901 g/mol. The molecule has 0 saturated carbocycles. The monoisotopic (exact) mass is 900 g/mol. The van der Waals surface area contributed by atoms with Gasteiger partial charge >= 0.3 is 23.9 Å². The molecule has 67 heavy (non-hydrogen) atoms. The molecule has 0 amide bonds. The van der Waals surface area contributed by atoms with Gasteiger partial charge in [0.05, 0.1) is 85.7 Å². The Hall–Kier alpha value is -8.64. The van der Waals surface area contributed by atoms with Crippen LogP contribution in [0.2, 0.25) is 0 Å². The number of rotatable bonds is 20. The quantitative estimate of drug-likeness (QED) is 0.0529. The molecule has 0 aliphatic heterocycles. The van der Waals surface area contributed by atoms with Gasteiger partial charge in [0.2, 0.25) is 0 Å². The maximum absolute atomic E-state index is 11.5. The van der Waals surface area contributed by atoms with E-state index in [1.54, 1.807) is 70.3 Å². The number of aromatic carboxylic acids is 4. The van der Waals surface area contributed by atoms with Crippen molar-refractivity contribution >= 4 is 23.9 Å². The van der Waals surface area contributed by atoms with Gasteiger partial charge in [-0.2, -0.15) is 0 Å². The predicted octanol–water partition coefficient (Wildman–Crippen LogP) is 8.06. The lowest BCUT2D eigenvalue weighted by Crippen LogP contribution is -2.09. The summed E-state index contributed by atoms with van der Waals surface area (Å²) in [5.74, 6) is -4.10. The van der Waals surface area contributed by atoms with Crippen molar-refractivity contribution < 1.29 is 53.8 Å². The Morgan fingerprint density at radius 3 is 1.01 bits per heavy atom. The van der Waals surface area contributed by atoms with Gasteiger partial charge in [0.15, 0.2) is 0 Å². The molecule has 0 aliphatic rings. The summed E-state index contributed by atoms with van der Waals surface area (Å²) >= 11 is 0. The number of nitrogens with zero attached hydrogens (tertiary/aromatic N) is 6. The summed E-state index contributed by atoms with van der Waals surface area (Å²) in [4.78, 5) is 45.8. The first-order valence-electron chi connectivity index (χ1n) is 20.7. The molecule has 0 radical (unpaired) electrons. The van der Waals surface area contributed by atoms with Crippen molar-refractivity contribution in [3.8, 4) is 55.9 Å². The maximum Gasteiger partial charge on any atom is 0.335 e. The molecule has 8 rings (SSSR count). The van der Waals surface area contributed by atoms with Gasteiger partial charge in [-0.1, -0.05) is 83.2 Å². The largest absolute Gasteiger partial charge is 0.478 e. The number of carboxylic acids is 4. The third-order valence-electron chi connectivity index (χ3n) is 10.6. The summed E-state index contributed by atoms with van der Waals surface area (Å²) < 4.78 is 20.6. The standard InChI is InChI=1S/C50H40N6O11/c57-47(58)35-9-1-31(2-10-35)39-17-19-43(33-5-13-37(14-6-33)49(61)62)45(25-39)55-27-41(51-53-55)29-66-23-21-65-22-24-67-30-42-28-56(54-52-42)46-26-40(32-3-11-36(12-4-32)48(59)60)18-20-44(46)34-7-15-38(16-8-34)50(63)64/h1-20,25-28H,21-24,29-30H2,(H,57,58)(H,59,60)(H,61,62)(H,63,64). The van der Waals surface area contributed by atoms with Crippen LogP contribution < -0.4 is 0 Å². The molecule has 17 nitrogen and oxygen atoms in total. The molecular weight excluding hydrogens is 861 g/mol. The van der Waals surface area contributed by atoms with Crippen molar-refractivity contribution in [3.05, 3.63) is 179 Å². The Kier molecular flexibility index (Phi) is 13.7. The summed E-state index contributed by atoms with van der Waals surface area (Å²) in [6.07, 6.45) is 3.48. The normalized spacial score (nSPS) is 11.1. The first-order valence-corrected chi connectivity index (χ1v) is 20.7. The minimum absolute atomic E-state index is 0.157. The van der Waals surface area contributed by atoms with Gasteiger partial charge in [-0.25, -0.2) is 28.5 Å². The molecule has 0 saturated heterocycles. The highest BCUT2D eigenvalue weighted by Crippen LogP contribution is 2.34. The Morgan fingerprint density at radius 1 is 0.388 bits per heavy atom. The molecule has 2 aromatic heterocycles. The first kappa shape index (κ1) is 44.9. The zero-order valence-corrected chi connectivity index (χ0v) is 35.4. The molecule has 6 aromatic carbocycles. The summed E-state index contributed by atoms with van der Waals surface area (Å²) in [7, 11) is 0. The van der Waals surface area contributed by atoms with Gasteiger partial charge in [-0.3, -0.25) is 0 Å². The molecule has 336 valence electrons. The lowest BCUT2D eigenvalue weighted by Gasteiger charge is -2.13. The molecular formula is C50H40N6O11. The maximum atomic E-state index is 11.5. The van der Waals surface area contributed by atoms with E-state index in [1.165, 1.54) is 48.5 Å². The van der Waals surface area contributed by atoms with Crippen LogP contribution in [0.1, 0.15) is 52.8 Å². The Balaban J connectivity index is 0.847. The zero-order chi connectivity index (χ0) is 46.9. The zero-order valence-electron chi connectivity index (χ0n) is 35.4. The number of hydrogen-bond acceptors (Lipinski definition) is 11. The van der Waals surface area contributed by atoms with Gasteiger partial charge in [0, 0.05) is 11.1 Å². The molecule has 0 bridgehead atoms. The van der Waals surface area contributed by atoms with Gasteiger partial charge in [0.25, 0.3) is 0 Å². The summed E-state index contributed by atoms with van der Waals surface area (Å²) in [5.41, 5.74) is 9.37. The van der Waals surface area contributed by atoms with E-state index in [0.29, 0.717) is 36.0 Å². The molecule has 0 fully saturated rings. The van der Waals surface area contributed by atoms with E-state index in [0.717, 1.165) is 44.5 Å². The molecule has 0 atom stereocenters. The van der Waals surface area contributed by atoms with Gasteiger partial charge < -0.3 is 34.6 Å². The fourth-order valence-corrected chi connectivity index (χ4v) is 7.14. The predicted molar refractivity (Wildman–Crippen MR) is 242 cm³/mol. The second-order valence-electron chi connectivity index (χ2n) is 15.0. The van der Waals surface area contributed by atoms with Crippen LogP contribution in [-0.2, 0) is 27.4 Å². The third kappa shape index (κ3) is 10.8. The van der Waals surface area contributed by atoms with Crippen LogP contribution in [0, 0.1) is 0 Å². The fourth-order valence-electron chi connectivity index (χ4n) is 7.14. The van der Waals surface area contributed by atoms with Crippen LogP contribution in [0.5, 0.6) is 0 Å². The van der Waals surface area contributed by atoms with Crippen molar-refractivity contribution in [2.75, 3.05) is 26.4 Å². The van der Waals surface area contributed by atoms with Gasteiger partial charge in [0.1, 0.15) is 11.4 Å². The molecule has 4 N–H and O–H groups in total. The fraction of sp³-hybridized carbons (Fsp3) is 0.120. The van der Waals surface area contributed by atoms with Crippen molar-refractivity contribution in [1.82, 2.24) is 30.0 Å². The van der Waals surface area contributed by atoms with Crippen molar-refractivity contribution in [1.29, 1.82) is 0 Å². The van der Waals surface area contributed by atoms with Crippen LogP contribution in [0.15, 0.2) is 146 Å². The summed E-state index contributed by atoms with van der Waals surface area (Å²) in [5, 5.41) is 54.8. The summed E-state index contributed by atoms with van der Waals surface area (Å²) in [6, 6.07) is 37.5. The number of hydrogen-bond donors (Lipinski definition) is 4. The average Bonchev–Trinajstić information content (AvgIpc) is 4.04. The molecule has 0 aliphatic carbocycles. The minimum atomic E-state index is -1.03. The van der Waals surface area contributed by atoms with E-state index in [1.807, 2.05) is 36.4 Å². The smallest absolute Gasteiger partial charge is 0.335 e. The molecule has 0 unspecified atom stereocenters. The van der Waals surface area contributed by atoms with Gasteiger partial charge in [-0.05, 0) is 94.0 Å². The number of carboxylic acid groups (broad SMARTS) is 4. The van der Waals surface area contributed by atoms with Crippen molar-refractivity contribution in [3.63, 3.8) is 0 Å². The van der Waals surface area contributed by atoms with E-state index in [-0.39, 0.29) is 48.7 Å². The van der Waals surface area contributed by atoms with Crippen molar-refractivity contribution in [2.24, 2.45) is 0 Å². The third-order valence-corrected chi connectivity index (χ3v) is 10.6. The van der Waals surface area contributed by atoms with E-state index in [4.69, 9.17) is 14.2 Å². The van der Waals surface area contributed by atoms with Gasteiger partial charge in [-0.15, -0.1) is 10.2 Å². The van der Waals surface area contributed by atoms with Crippen LogP contribution in [-0.4, -0.2) is 101 Å². The van der Waals surface area contributed by atoms with Crippen LogP contribution in [0.25, 0.3) is 55.9 Å². The van der Waals surface area contributed by atoms with E-state index in [9.17, 15) is 39.6 Å². The molecule has 8 aromatic rings. The topological polar surface area (TPSA) is 238 Å². The van der Waals surface area contributed by atoms with E-state index >= 15 is 0 Å². The number of benzene rings is 6. The first-order chi connectivity index (χ1) is 32.5. The SMILES string of the molecule is O=C(O)c1ccc(-c2ccc(-c3ccc(C(=O)O)cc3)c(-n3cc(COCCOCCOCc4cn(-c5cc(-c6ccc(C(=O)O)cc6)ccc5-c5ccc(C(=O)O)cc5)nn4)nn3)c2)cc1. The van der Waals surface area contributed by atoms with Crippen LogP contribution in [0.4, 0.5) is 0 Å². The highest BCUT2D eigenvalue weighted by atomic mass is 16.5. The van der Waals surface area contributed by atoms with Crippen LogP contribution >= 0.6 is 0 Å². The molecule has 0 spiro atoms. The molecule has 2 heterocycles. The lowest BCUT2D eigenvalue weighted by atomic mass is 9.97. The summed E-state index contributed by atoms with van der Waals surface area (Å²) in [6.45, 7) is 1.44. The van der Waals surface area contributed by atoms with Crippen LogP contribution in [0.3, 0.4) is 0 Å². The lowest BCUT2D eigenvalue weighted by molar-refractivity contribution is 0.00600. The Bertz CT molecular complexity index is 2850. The molecule has 17 heteroatoms. The highest BCUT2D eigenvalue weighted by molar-refractivity contribution is 5.91. The number of carbonyl (C=O) groups is 4. The second-order valence-corrected chi connectivity index (χ2v) is 15.0. The Morgan fingerprint density at radius 2 is 0.687 bits per heavy atom. The highest BCUT2D eigenvalue weighted by Gasteiger charge is 2.16. The van der Waals surface area contributed by atoms with Crippen molar-refractivity contribution in [2.45, 2.75) is 13.2 Å².